The summed E-state index contributed by atoms with van der Waals surface area (Å²) in [5.41, 5.74) is 4.38. The largest absolute Gasteiger partial charge is 0.345 e. The number of carbonyl (C=O) groups is 1. The summed E-state index contributed by atoms with van der Waals surface area (Å²) in [6.07, 6.45) is 3.87. The zero-order valence-electron chi connectivity index (χ0n) is 16.5. The van der Waals surface area contributed by atoms with Crippen LogP contribution in [-0.4, -0.2) is 25.7 Å². The van der Waals surface area contributed by atoms with E-state index in [2.05, 4.69) is 27.3 Å². The van der Waals surface area contributed by atoms with Gasteiger partial charge in [0.25, 0.3) is 5.91 Å². The van der Waals surface area contributed by atoms with E-state index in [1.165, 1.54) is 0 Å². The second kappa shape index (κ2) is 8.52. The third kappa shape index (κ3) is 4.07. The monoisotopic (exact) mass is 397 g/mol. The quantitative estimate of drug-likeness (QED) is 0.664. The summed E-state index contributed by atoms with van der Waals surface area (Å²) in [7, 11) is 0. The minimum Gasteiger partial charge on any atom is -0.345 e. The normalized spacial score (nSPS) is 12.0. The van der Waals surface area contributed by atoms with Gasteiger partial charge in [0.05, 0.1) is 17.3 Å². The van der Waals surface area contributed by atoms with E-state index in [0.29, 0.717) is 16.4 Å². The van der Waals surface area contributed by atoms with E-state index in [-0.39, 0.29) is 11.9 Å². The zero-order chi connectivity index (χ0) is 20.3. The Morgan fingerprint density at radius 3 is 2.32 bits per heavy atom. The van der Waals surface area contributed by atoms with Gasteiger partial charge in [0, 0.05) is 40.8 Å². The van der Waals surface area contributed by atoms with Gasteiger partial charge in [-0.25, -0.2) is 9.97 Å². The Hall–Kier alpha value is -2.73. The molecule has 0 bridgehead atoms. The van der Waals surface area contributed by atoms with Crippen LogP contribution < -0.4 is 5.32 Å². The molecule has 0 aliphatic rings. The maximum atomic E-state index is 12.7. The predicted molar refractivity (Wildman–Crippen MR) is 110 cm³/mol. The number of hydrogen-bond acceptors (Lipinski definition) is 4. The number of aromatic nitrogens is 4. The lowest BCUT2D eigenvalue weighted by Gasteiger charge is -2.18. The van der Waals surface area contributed by atoms with Crippen molar-refractivity contribution in [2.75, 3.05) is 0 Å². The molecule has 1 atom stereocenters. The summed E-state index contributed by atoms with van der Waals surface area (Å²) in [5, 5.41) is 8.31. The fourth-order valence-electron chi connectivity index (χ4n) is 3.34. The zero-order valence-corrected chi connectivity index (χ0v) is 17.3. The average Bonchev–Trinajstić information content (AvgIpc) is 3.00. The first-order chi connectivity index (χ1) is 13.4. The number of hydrogen-bond donors (Lipinski definition) is 1. The van der Waals surface area contributed by atoms with Crippen LogP contribution >= 0.6 is 11.6 Å². The topological polar surface area (TPSA) is 72.7 Å². The highest BCUT2D eigenvalue weighted by molar-refractivity contribution is 6.30. The lowest BCUT2D eigenvalue weighted by Crippen LogP contribution is -2.29. The van der Waals surface area contributed by atoms with Crippen molar-refractivity contribution in [3.8, 4) is 11.4 Å². The van der Waals surface area contributed by atoms with Gasteiger partial charge in [-0.3, -0.25) is 9.48 Å². The third-order valence-electron chi connectivity index (χ3n) is 4.82. The van der Waals surface area contributed by atoms with Crippen LogP contribution in [0, 0.1) is 13.8 Å². The van der Waals surface area contributed by atoms with Crippen LogP contribution in [0.5, 0.6) is 0 Å². The number of nitrogens with zero attached hydrogens (tertiary/aromatic N) is 4. The van der Waals surface area contributed by atoms with Crippen LogP contribution in [0.25, 0.3) is 11.4 Å². The molecule has 0 saturated heterocycles. The summed E-state index contributed by atoms with van der Waals surface area (Å²) in [6.45, 7) is 8.93. The lowest BCUT2D eigenvalue weighted by molar-refractivity contribution is 0.0934. The fraction of sp³-hybridized carbons (Fsp3) is 0.333. The summed E-state index contributed by atoms with van der Waals surface area (Å²) >= 11 is 5.91. The molecule has 0 aliphatic heterocycles. The Kier molecular flexibility index (Phi) is 6.09. The van der Waals surface area contributed by atoms with Crippen molar-refractivity contribution in [2.24, 2.45) is 0 Å². The van der Waals surface area contributed by atoms with Gasteiger partial charge in [0.1, 0.15) is 0 Å². The van der Waals surface area contributed by atoms with Gasteiger partial charge in [-0.05, 0) is 51.5 Å². The predicted octanol–water partition coefficient (Wildman–Crippen LogP) is 4.51. The molecule has 0 spiro atoms. The van der Waals surface area contributed by atoms with Crippen molar-refractivity contribution in [1.29, 1.82) is 0 Å². The highest BCUT2D eigenvalue weighted by Gasteiger charge is 2.22. The van der Waals surface area contributed by atoms with Crippen LogP contribution in [0.4, 0.5) is 0 Å². The van der Waals surface area contributed by atoms with Crippen molar-refractivity contribution in [1.82, 2.24) is 25.1 Å². The second-order valence-corrected chi connectivity index (χ2v) is 7.07. The van der Waals surface area contributed by atoms with E-state index in [4.69, 9.17) is 11.6 Å². The van der Waals surface area contributed by atoms with Crippen LogP contribution in [0.15, 0.2) is 36.7 Å². The van der Waals surface area contributed by atoms with Crippen LogP contribution in [0.2, 0.25) is 5.02 Å². The SMILES string of the molecule is CC[C@@H](NC(=O)c1cnc(-c2ccc(Cl)cc2)nc1)c1c(C)nn(CC)c1C. The van der Waals surface area contributed by atoms with Gasteiger partial charge in [0.15, 0.2) is 5.82 Å². The molecule has 0 aliphatic carbocycles. The molecule has 146 valence electrons. The van der Waals surface area contributed by atoms with Crippen LogP contribution in [0.3, 0.4) is 0 Å². The summed E-state index contributed by atoms with van der Waals surface area (Å²) in [6, 6.07) is 7.16. The molecule has 3 rings (SSSR count). The smallest absolute Gasteiger partial charge is 0.254 e. The Labute approximate surface area is 170 Å². The number of carbonyl (C=O) groups excluding carboxylic acids is 1. The molecule has 0 radical (unpaired) electrons. The van der Waals surface area contributed by atoms with E-state index in [0.717, 1.165) is 35.5 Å². The summed E-state index contributed by atoms with van der Waals surface area (Å²) < 4.78 is 1.96. The molecule has 0 unspecified atom stereocenters. The Morgan fingerprint density at radius 1 is 1.14 bits per heavy atom. The van der Waals surface area contributed by atoms with Crippen LogP contribution in [0.1, 0.15) is 53.6 Å². The number of rotatable bonds is 6. The first-order valence-electron chi connectivity index (χ1n) is 9.37. The molecule has 0 saturated carbocycles. The molecule has 0 fully saturated rings. The maximum Gasteiger partial charge on any atom is 0.254 e. The van der Waals surface area contributed by atoms with Crippen LogP contribution in [-0.2, 0) is 6.54 Å². The van der Waals surface area contributed by atoms with Gasteiger partial charge in [-0.1, -0.05) is 18.5 Å². The van der Waals surface area contributed by atoms with E-state index in [9.17, 15) is 4.79 Å². The molecule has 28 heavy (non-hydrogen) atoms. The first kappa shape index (κ1) is 20.0. The molecule has 2 heterocycles. The van der Waals surface area contributed by atoms with Gasteiger partial charge in [-0.2, -0.15) is 5.10 Å². The first-order valence-corrected chi connectivity index (χ1v) is 9.75. The highest BCUT2D eigenvalue weighted by Crippen LogP contribution is 2.25. The Balaban J connectivity index is 1.78. The fourth-order valence-corrected chi connectivity index (χ4v) is 3.46. The standard InChI is InChI=1S/C21H24ClN5O/c1-5-18(19-13(3)26-27(6-2)14(19)4)25-21(28)16-11-23-20(24-12-16)15-7-9-17(22)10-8-15/h7-12,18H,5-6H2,1-4H3,(H,25,28)/t18-/m1/s1. The number of amides is 1. The van der Waals surface area contributed by atoms with Gasteiger partial charge in [0.2, 0.25) is 0 Å². The minimum absolute atomic E-state index is 0.108. The van der Waals surface area contributed by atoms with Gasteiger partial charge < -0.3 is 5.32 Å². The molecule has 7 heteroatoms. The molecule has 1 amide bonds. The molecule has 3 aromatic rings. The Bertz CT molecular complexity index is 964. The molecule has 6 nitrogen and oxygen atoms in total. The molecular formula is C21H24ClN5O. The highest BCUT2D eigenvalue weighted by atomic mass is 35.5. The van der Waals surface area contributed by atoms with Gasteiger partial charge in [-0.15, -0.1) is 0 Å². The van der Waals surface area contributed by atoms with E-state index in [1.807, 2.05) is 37.6 Å². The van der Waals surface area contributed by atoms with Crippen molar-refractivity contribution >= 4 is 17.5 Å². The number of halogens is 1. The third-order valence-corrected chi connectivity index (χ3v) is 5.07. The minimum atomic E-state index is -0.197. The summed E-state index contributed by atoms with van der Waals surface area (Å²) in [4.78, 5) is 21.4. The molecular weight excluding hydrogens is 374 g/mol. The van der Waals surface area contributed by atoms with Crippen molar-refractivity contribution in [3.63, 3.8) is 0 Å². The van der Waals surface area contributed by atoms with E-state index < -0.39 is 0 Å². The summed E-state index contributed by atoms with van der Waals surface area (Å²) in [5.74, 6) is 0.355. The number of nitrogens with one attached hydrogen (secondary N) is 1. The molecule has 1 N–H and O–H groups in total. The van der Waals surface area contributed by atoms with Crippen molar-refractivity contribution < 1.29 is 4.79 Å². The molecule has 1 aromatic carbocycles. The second-order valence-electron chi connectivity index (χ2n) is 6.64. The van der Waals surface area contributed by atoms with Gasteiger partial charge >= 0.3 is 0 Å². The maximum absolute atomic E-state index is 12.7. The van der Waals surface area contributed by atoms with Crippen molar-refractivity contribution in [2.45, 2.75) is 46.7 Å². The average molecular weight is 398 g/mol. The lowest BCUT2D eigenvalue weighted by atomic mass is 10.0. The number of aryl methyl sites for hydroxylation is 2. The van der Waals surface area contributed by atoms with E-state index in [1.54, 1.807) is 24.5 Å². The molecule has 2 aromatic heterocycles. The number of benzene rings is 1. The van der Waals surface area contributed by atoms with E-state index >= 15 is 0 Å². The Morgan fingerprint density at radius 2 is 1.79 bits per heavy atom. The van der Waals surface area contributed by atoms with Crippen molar-refractivity contribution in [3.05, 3.63) is 64.2 Å².